The van der Waals surface area contributed by atoms with Crippen molar-refractivity contribution in [1.29, 1.82) is 0 Å². The summed E-state index contributed by atoms with van der Waals surface area (Å²) >= 11 is 0. The molecular weight excluding hydrogens is 244 g/mol. The third kappa shape index (κ3) is 4.99. The number of nitrogens with zero attached hydrogens (tertiary/aromatic N) is 1. The SMILES string of the molecule is CCCC(O)C1CCC(N)N(C(=O)OCC(C)C)C1. The fraction of sp³-hybridized carbons (Fsp3) is 0.929. The van der Waals surface area contributed by atoms with Gasteiger partial charge in [-0.05, 0) is 25.2 Å². The number of hydrogen-bond acceptors (Lipinski definition) is 4. The number of rotatable bonds is 5. The van der Waals surface area contributed by atoms with Crippen molar-refractivity contribution in [2.45, 2.75) is 58.7 Å². The lowest BCUT2D eigenvalue weighted by Crippen LogP contribution is -2.53. The lowest BCUT2D eigenvalue weighted by Gasteiger charge is -2.38. The molecule has 1 fully saturated rings. The van der Waals surface area contributed by atoms with Crippen LogP contribution in [0.25, 0.3) is 0 Å². The zero-order valence-electron chi connectivity index (χ0n) is 12.3. The van der Waals surface area contributed by atoms with Crippen molar-refractivity contribution in [2.75, 3.05) is 13.2 Å². The molecule has 0 aromatic carbocycles. The monoisotopic (exact) mass is 272 g/mol. The molecule has 1 aliphatic rings. The fourth-order valence-corrected chi connectivity index (χ4v) is 2.40. The molecule has 3 unspecified atom stereocenters. The molecule has 112 valence electrons. The minimum atomic E-state index is -0.352. The van der Waals surface area contributed by atoms with Crippen LogP contribution in [-0.4, -0.2) is 41.5 Å². The Labute approximate surface area is 116 Å². The first-order chi connectivity index (χ1) is 8.95. The maximum atomic E-state index is 12.0. The summed E-state index contributed by atoms with van der Waals surface area (Å²) in [5.41, 5.74) is 5.97. The summed E-state index contributed by atoms with van der Waals surface area (Å²) < 4.78 is 5.23. The third-order valence-electron chi connectivity index (χ3n) is 3.57. The molecule has 0 spiro atoms. The van der Waals surface area contributed by atoms with Gasteiger partial charge in [0.15, 0.2) is 0 Å². The Morgan fingerprint density at radius 3 is 2.74 bits per heavy atom. The number of carbonyl (C=O) groups excluding carboxylic acids is 1. The second-order valence-electron chi connectivity index (χ2n) is 5.88. The van der Waals surface area contributed by atoms with E-state index in [0.29, 0.717) is 19.1 Å². The van der Waals surface area contributed by atoms with E-state index in [2.05, 4.69) is 0 Å². The van der Waals surface area contributed by atoms with Gasteiger partial charge < -0.3 is 15.6 Å². The van der Waals surface area contributed by atoms with Crippen molar-refractivity contribution < 1.29 is 14.6 Å². The number of amides is 1. The van der Waals surface area contributed by atoms with Crippen molar-refractivity contribution in [2.24, 2.45) is 17.6 Å². The second-order valence-corrected chi connectivity index (χ2v) is 5.88. The first-order valence-electron chi connectivity index (χ1n) is 7.32. The van der Waals surface area contributed by atoms with Gasteiger partial charge in [0.25, 0.3) is 0 Å². The number of piperidine rings is 1. The molecule has 0 aliphatic carbocycles. The highest BCUT2D eigenvalue weighted by Crippen LogP contribution is 2.25. The maximum Gasteiger partial charge on any atom is 0.411 e. The molecule has 1 aliphatic heterocycles. The van der Waals surface area contributed by atoms with E-state index in [4.69, 9.17) is 10.5 Å². The summed E-state index contributed by atoms with van der Waals surface area (Å²) in [7, 11) is 0. The van der Waals surface area contributed by atoms with Gasteiger partial charge >= 0.3 is 6.09 Å². The molecule has 0 bridgehead atoms. The highest BCUT2D eigenvalue weighted by Gasteiger charge is 2.33. The zero-order chi connectivity index (χ0) is 14.4. The largest absolute Gasteiger partial charge is 0.449 e. The molecule has 0 saturated carbocycles. The van der Waals surface area contributed by atoms with E-state index in [1.807, 2.05) is 20.8 Å². The van der Waals surface area contributed by atoms with Crippen LogP contribution in [-0.2, 0) is 4.74 Å². The van der Waals surface area contributed by atoms with Crippen LogP contribution in [0.4, 0.5) is 4.79 Å². The Morgan fingerprint density at radius 2 is 2.16 bits per heavy atom. The number of hydrogen-bond donors (Lipinski definition) is 2. The Hall–Kier alpha value is -0.810. The average Bonchev–Trinajstić information content (AvgIpc) is 2.36. The molecule has 3 N–H and O–H groups in total. The van der Waals surface area contributed by atoms with Crippen molar-refractivity contribution in [1.82, 2.24) is 4.90 Å². The molecule has 1 saturated heterocycles. The van der Waals surface area contributed by atoms with Crippen LogP contribution in [0.3, 0.4) is 0 Å². The quantitative estimate of drug-likeness (QED) is 0.802. The Bertz CT molecular complexity index is 284. The number of likely N-dealkylation sites (tertiary alicyclic amines) is 1. The average molecular weight is 272 g/mol. The summed E-state index contributed by atoms with van der Waals surface area (Å²) in [6.07, 6.45) is 2.33. The smallest absolute Gasteiger partial charge is 0.411 e. The summed E-state index contributed by atoms with van der Waals surface area (Å²) in [5, 5.41) is 10.1. The van der Waals surface area contributed by atoms with E-state index in [0.717, 1.165) is 25.7 Å². The van der Waals surface area contributed by atoms with Gasteiger partial charge in [0.1, 0.15) is 0 Å². The molecule has 1 rings (SSSR count). The normalized spacial score (nSPS) is 25.5. The molecule has 3 atom stereocenters. The van der Waals surface area contributed by atoms with Crippen LogP contribution in [0.5, 0.6) is 0 Å². The van der Waals surface area contributed by atoms with Gasteiger partial charge in [0, 0.05) is 12.5 Å². The van der Waals surface area contributed by atoms with Gasteiger partial charge in [-0.15, -0.1) is 0 Å². The van der Waals surface area contributed by atoms with Crippen molar-refractivity contribution in [3.05, 3.63) is 0 Å². The van der Waals surface area contributed by atoms with E-state index in [1.54, 1.807) is 4.90 Å². The Kier molecular flexibility index (Phi) is 6.58. The molecule has 5 nitrogen and oxygen atoms in total. The molecule has 0 aromatic rings. The van der Waals surface area contributed by atoms with Crippen molar-refractivity contribution >= 4 is 6.09 Å². The lowest BCUT2D eigenvalue weighted by atomic mass is 9.89. The van der Waals surface area contributed by atoms with Crippen LogP contribution in [0.15, 0.2) is 0 Å². The van der Waals surface area contributed by atoms with Gasteiger partial charge in [-0.25, -0.2) is 4.79 Å². The maximum absolute atomic E-state index is 12.0. The molecule has 1 heterocycles. The van der Waals surface area contributed by atoms with Crippen molar-refractivity contribution in [3.8, 4) is 0 Å². The van der Waals surface area contributed by atoms with Crippen LogP contribution < -0.4 is 5.73 Å². The van der Waals surface area contributed by atoms with Crippen LogP contribution >= 0.6 is 0 Å². The van der Waals surface area contributed by atoms with E-state index in [9.17, 15) is 9.90 Å². The number of nitrogens with two attached hydrogens (primary N) is 1. The summed E-state index contributed by atoms with van der Waals surface area (Å²) in [6.45, 7) is 6.95. The summed E-state index contributed by atoms with van der Waals surface area (Å²) in [6, 6.07) is 0. The molecule has 19 heavy (non-hydrogen) atoms. The summed E-state index contributed by atoms with van der Waals surface area (Å²) in [4.78, 5) is 13.5. The van der Waals surface area contributed by atoms with E-state index in [-0.39, 0.29) is 24.3 Å². The third-order valence-corrected chi connectivity index (χ3v) is 3.57. The van der Waals surface area contributed by atoms with Crippen LogP contribution in [0.2, 0.25) is 0 Å². The zero-order valence-corrected chi connectivity index (χ0v) is 12.3. The first-order valence-corrected chi connectivity index (χ1v) is 7.32. The highest BCUT2D eigenvalue weighted by atomic mass is 16.6. The van der Waals surface area contributed by atoms with Gasteiger partial charge in [-0.1, -0.05) is 27.2 Å². The molecule has 0 aromatic heterocycles. The van der Waals surface area contributed by atoms with Crippen LogP contribution in [0.1, 0.15) is 46.5 Å². The Morgan fingerprint density at radius 1 is 1.47 bits per heavy atom. The van der Waals surface area contributed by atoms with Gasteiger partial charge in [0.05, 0.1) is 18.9 Å². The van der Waals surface area contributed by atoms with E-state index in [1.165, 1.54) is 0 Å². The lowest BCUT2D eigenvalue weighted by molar-refractivity contribution is 0.0136. The molecule has 5 heteroatoms. The standard InChI is InChI=1S/C14H28N2O3/c1-4-5-12(17)11-6-7-13(15)16(8-11)14(18)19-9-10(2)3/h10-13,17H,4-9,15H2,1-3H3. The number of aliphatic hydroxyl groups is 1. The van der Waals surface area contributed by atoms with E-state index < -0.39 is 0 Å². The molecule has 0 radical (unpaired) electrons. The first kappa shape index (κ1) is 16.2. The van der Waals surface area contributed by atoms with E-state index >= 15 is 0 Å². The van der Waals surface area contributed by atoms with Crippen LogP contribution in [0, 0.1) is 11.8 Å². The second kappa shape index (κ2) is 7.70. The van der Waals surface area contributed by atoms with Crippen molar-refractivity contribution in [3.63, 3.8) is 0 Å². The van der Waals surface area contributed by atoms with Gasteiger partial charge in [-0.3, -0.25) is 4.90 Å². The number of aliphatic hydroxyl groups excluding tert-OH is 1. The Balaban J connectivity index is 2.52. The predicted molar refractivity (Wildman–Crippen MR) is 74.5 cm³/mol. The predicted octanol–water partition coefficient (Wildman–Crippen LogP) is 1.94. The molecule has 1 amide bonds. The minimum absolute atomic E-state index is 0.117. The van der Waals surface area contributed by atoms with Gasteiger partial charge in [0.2, 0.25) is 0 Å². The number of carbonyl (C=O) groups is 1. The number of ether oxygens (including phenoxy) is 1. The highest BCUT2D eigenvalue weighted by molar-refractivity contribution is 5.68. The minimum Gasteiger partial charge on any atom is -0.449 e. The van der Waals surface area contributed by atoms with Gasteiger partial charge in [-0.2, -0.15) is 0 Å². The topological polar surface area (TPSA) is 75.8 Å². The molecular formula is C14H28N2O3. The summed E-state index contributed by atoms with van der Waals surface area (Å²) in [5.74, 6) is 0.429. The fourth-order valence-electron chi connectivity index (χ4n) is 2.40.